The lowest BCUT2D eigenvalue weighted by atomic mass is 9.93. The molecule has 0 aliphatic carbocycles. The fourth-order valence-corrected chi connectivity index (χ4v) is 4.01. The second-order valence-corrected chi connectivity index (χ2v) is 9.15. The molecule has 0 saturated heterocycles. The molecule has 2 rings (SSSR count). The highest BCUT2D eigenvalue weighted by atomic mass is 32.2. The minimum Gasteiger partial charge on any atom is -0.402 e. The maximum atomic E-state index is 9.38. The molecule has 0 fully saturated rings. The summed E-state index contributed by atoms with van der Waals surface area (Å²) in [6, 6.07) is 15.8. The van der Waals surface area contributed by atoms with Crippen molar-refractivity contribution in [3.63, 3.8) is 0 Å². The van der Waals surface area contributed by atoms with Crippen LogP contribution in [-0.2, 0) is 0 Å². The number of nitrogens with two attached hydrogens (primary N) is 1. The lowest BCUT2D eigenvalue weighted by Crippen LogP contribution is -2.24. The van der Waals surface area contributed by atoms with Gasteiger partial charge in [-0.05, 0) is 79.0 Å². The molecule has 0 bridgehead atoms. The molecule has 0 amide bonds. The van der Waals surface area contributed by atoms with Crippen molar-refractivity contribution < 1.29 is 4.55 Å². The van der Waals surface area contributed by atoms with Crippen LogP contribution in [0.4, 0.5) is 5.69 Å². The predicted octanol–water partition coefficient (Wildman–Crippen LogP) is 6.82. The summed E-state index contributed by atoms with van der Waals surface area (Å²) >= 11 is 0.742. The first-order valence-electron chi connectivity index (χ1n) is 11.9. The Balaban J connectivity index is 2.24. The van der Waals surface area contributed by atoms with Crippen molar-refractivity contribution in [3.05, 3.63) is 118 Å². The number of allylic oxidation sites excluding steroid dienone is 8. The van der Waals surface area contributed by atoms with E-state index in [1.54, 1.807) is 0 Å². The van der Waals surface area contributed by atoms with Crippen LogP contribution in [0.25, 0.3) is 12.7 Å². The SMILES string of the molecule is C=C(/C=c1/ccccc1=C)[C@H](CNc1cccc(SO)c1)C/C(N)=C/CC(=C\C)/C(C)=C\C=C/C. The van der Waals surface area contributed by atoms with Gasteiger partial charge in [-0.25, -0.2) is 0 Å². The standard InChI is InChI=1S/C31H38N2OS/c1-6-8-12-23(3)26(7-2)17-18-29(32)20-28(22-33-30-15-11-16-31(21-30)35-34)25(5)19-27-14-10-9-13-24(27)4/h6-16,18-19,21,28,33-34H,4-5,17,20,22,32H2,1-3H3/b8-6-,23-12-,26-7+,27-19-,29-18-/t28-/m0/s1. The summed E-state index contributed by atoms with van der Waals surface area (Å²) in [5.41, 5.74) is 11.8. The van der Waals surface area contributed by atoms with Gasteiger partial charge < -0.3 is 15.6 Å². The number of benzene rings is 2. The van der Waals surface area contributed by atoms with E-state index >= 15 is 0 Å². The second-order valence-electron chi connectivity index (χ2n) is 8.49. The predicted molar refractivity (Wildman–Crippen MR) is 156 cm³/mol. The first-order valence-corrected chi connectivity index (χ1v) is 12.6. The molecule has 0 spiro atoms. The van der Waals surface area contributed by atoms with Crippen LogP contribution in [0.2, 0.25) is 0 Å². The van der Waals surface area contributed by atoms with Crippen molar-refractivity contribution in [2.24, 2.45) is 11.7 Å². The Hall–Kier alpha value is -3.21. The zero-order valence-electron chi connectivity index (χ0n) is 21.1. The van der Waals surface area contributed by atoms with Crippen molar-refractivity contribution in [2.75, 3.05) is 11.9 Å². The van der Waals surface area contributed by atoms with Crippen LogP contribution in [0.3, 0.4) is 0 Å². The van der Waals surface area contributed by atoms with Crippen molar-refractivity contribution in [1.29, 1.82) is 0 Å². The van der Waals surface area contributed by atoms with E-state index in [1.807, 2.05) is 55.5 Å². The Kier molecular flexibility index (Phi) is 12.0. The number of anilines is 1. The van der Waals surface area contributed by atoms with Crippen LogP contribution in [0, 0.1) is 5.92 Å². The molecule has 1 atom stereocenters. The Morgan fingerprint density at radius 2 is 1.94 bits per heavy atom. The van der Waals surface area contributed by atoms with Crippen molar-refractivity contribution in [2.45, 2.75) is 38.5 Å². The monoisotopic (exact) mass is 486 g/mol. The van der Waals surface area contributed by atoms with Gasteiger partial charge in [-0.3, -0.25) is 0 Å². The highest BCUT2D eigenvalue weighted by Gasteiger charge is 2.13. The molecule has 0 aliphatic heterocycles. The number of rotatable bonds is 12. The maximum absolute atomic E-state index is 9.38. The van der Waals surface area contributed by atoms with Crippen LogP contribution >= 0.6 is 12.0 Å². The van der Waals surface area contributed by atoms with Crippen molar-refractivity contribution in [3.8, 4) is 0 Å². The van der Waals surface area contributed by atoms with E-state index in [1.165, 1.54) is 11.1 Å². The molecule has 2 aromatic carbocycles. The first kappa shape index (κ1) is 28.0. The van der Waals surface area contributed by atoms with Gasteiger partial charge in [0, 0.05) is 40.8 Å². The summed E-state index contributed by atoms with van der Waals surface area (Å²) < 4.78 is 9.38. The smallest absolute Gasteiger partial charge is 0.0371 e. The molecule has 0 saturated carbocycles. The maximum Gasteiger partial charge on any atom is 0.0371 e. The number of hydrogen-bond acceptors (Lipinski definition) is 4. The van der Waals surface area contributed by atoms with Crippen LogP contribution in [0.15, 0.2) is 113 Å². The van der Waals surface area contributed by atoms with Crippen molar-refractivity contribution in [1.82, 2.24) is 0 Å². The van der Waals surface area contributed by atoms with E-state index in [4.69, 9.17) is 5.73 Å². The highest BCUT2D eigenvalue weighted by Crippen LogP contribution is 2.23. The lowest BCUT2D eigenvalue weighted by molar-refractivity contribution is 0.652. The Labute approximate surface area is 215 Å². The molecule has 4 heteroatoms. The second kappa shape index (κ2) is 14.9. The van der Waals surface area contributed by atoms with Crippen LogP contribution in [0.1, 0.15) is 33.6 Å². The zero-order chi connectivity index (χ0) is 25.6. The van der Waals surface area contributed by atoms with Crippen LogP contribution < -0.4 is 21.5 Å². The normalized spacial score (nSPS) is 14.4. The number of hydrogen-bond donors (Lipinski definition) is 3. The molecule has 35 heavy (non-hydrogen) atoms. The molecule has 3 nitrogen and oxygen atoms in total. The average molecular weight is 487 g/mol. The molecule has 184 valence electrons. The molecule has 0 radical (unpaired) electrons. The Morgan fingerprint density at radius 3 is 2.63 bits per heavy atom. The van der Waals surface area contributed by atoms with E-state index in [0.717, 1.165) is 50.8 Å². The van der Waals surface area contributed by atoms with Crippen molar-refractivity contribution >= 4 is 30.4 Å². The van der Waals surface area contributed by atoms with Gasteiger partial charge in [0.2, 0.25) is 0 Å². The van der Waals surface area contributed by atoms with Gasteiger partial charge in [0.05, 0.1) is 0 Å². The van der Waals surface area contributed by atoms with E-state index in [0.29, 0.717) is 13.0 Å². The third kappa shape index (κ3) is 9.51. The largest absolute Gasteiger partial charge is 0.402 e. The quantitative estimate of drug-likeness (QED) is 0.228. The van der Waals surface area contributed by atoms with Crippen LogP contribution in [-0.4, -0.2) is 11.1 Å². The molecule has 0 heterocycles. The van der Waals surface area contributed by atoms with Gasteiger partial charge in [-0.1, -0.05) is 79.9 Å². The van der Waals surface area contributed by atoms with Gasteiger partial charge in [0.1, 0.15) is 0 Å². The average Bonchev–Trinajstić information content (AvgIpc) is 2.86. The molecule has 0 aromatic heterocycles. The van der Waals surface area contributed by atoms with E-state index < -0.39 is 0 Å². The number of nitrogens with one attached hydrogen (secondary N) is 1. The summed E-state index contributed by atoms with van der Waals surface area (Å²) in [6.45, 7) is 15.4. The van der Waals surface area contributed by atoms with E-state index in [-0.39, 0.29) is 5.92 Å². The Bertz CT molecular complexity index is 1220. The molecular formula is C31H38N2OS. The summed E-state index contributed by atoms with van der Waals surface area (Å²) in [5, 5.41) is 5.52. The topological polar surface area (TPSA) is 58.3 Å². The third-order valence-corrected chi connectivity index (χ3v) is 6.34. The summed E-state index contributed by atoms with van der Waals surface area (Å²) in [6.07, 6.45) is 14.0. The van der Waals surface area contributed by atoms with Gasteiger partial charge in [-0.2, -0.15) is 0 Å². The third-order valence-electron chi connectivity index (χ3n) is 5.87. The van der Waals surface area contributed by atoms with E-state index in [2.05, 4.69) is 68.8 Å². The summed E-state index contributed by atoms with van der Waals surface area (Å²) in [5.74, 6) is 0.0880. The minimum absolute atomic E-state index is 0.0880. The zero-order valence-corrected chi connectivity index (χ0v) is 21.9. The summed E-state index contributed by atoms with van der Waals surface area (Å²) in [4.78, 5) is 0.794. The van der Waals surface area contributed by atoms with Gasteiger partial charge >= 0.3 is 0 Å². The molecule has 4 N–H and O–H groups in total. The van der Waals surface area contributed by atoms with Gasteiger partial charge in [0.15, 0.2) is 0 Å². The fraction of sp³-hybridized carbons (Fsp3) is 0.226. The Morgan fingerprint density at radius 1 is 1.17 bits per heavy atom. The summed E-state index contributed by atoms with van der Waals surface area (Å²) in [7, 11) is 0. The van der Waals surface area contributed by atoms with Gasteiger partial charge in [-0.15, -0.1) is 0 Å². The molecule has 0 aliphatic rings. The first-order chi connectivity index (χ1) is 16.9. The highest BCUT2D eigenvalue weighted by molar-refractivity contribution is 7.93. The van der Waals surface area contributed by atoms with Crippen LogP contribution in [0.5, 0.6) is 0 Å². The molecule has 2 aromatic rings. The molecule has 0 unspecified atom stereocenters. The van der Waals surface area contributed by atoms with Gasteiger partial charge in [0.25, 0.3) is 0 Å². The lowest BCUT2D eigenvalue weighted by Gasteiger charge is -2.20. The minimum atomic E-state index is 0.0880. The molecular weight excluding hydrogens is 448 g/mol. The fourth-order valence-electron chi connectivity index (χ4n) is 3.69. The van der Waals surface area contributed by atoms with E-state index in [9.17, 15) is 4.55 Å².